The number of rotatable bonds is 6. The molecule has 0 aliphatic carbocycles. The maximum absolute atomic E-state index is 8.81. The molecule has 0 fully saturated rings. The summed E-state index contributed by atoms with van der Waals surface area (Å²) in [7, 11) is 0. The van der Waals surface area contributed by atoms with Gasteiger partial charge >= 0.3 is 0 Å². The van der Waals surface area contributed by atoms with Crippen molar-refractivity contribution in [2.75, 3.05) is 18.5 Å². The molecular formula is C12H19N5. The molecule has 0 saturated heterocycles. The summed E-state index contributed by atoms with van der Waals surface area (Å²) < 4.78 is 0. The zero-order valence-electron chi connectivity index (χ0n) is 10.3. The van der Waals surface area contributed by atoms with Crippen LogP contribution < -0.4 is 11.3 Å². The maximum atomic E-state index is 8.81. The molecule has 5 heteroatoms. The minimum atomic E-state index is 0.0331. The fourth-order valence-electron chi connectivity index (χ4n) is 1.62. The molecule has 1 heterocycles. The van der Waals surface area contributed by atoms with Crippen molar-refractivity contribution in [3.8, 4) is 6.07 Å². The lowest BCUT2D eigenvalue weighted by Crippen LogP contribution is -2.28. The normalized spacial score (nSPS) is 12.2. The molecule has 0 spiro atoms. The van der Waals surface area contributed by atoms with Gasteiger partial charge in [-0.2, -0.15) is 5.26 Å². The Kier molecular flexibility index (Phi) is 5.40. The number of nitrogens with zero attached hydrogens (tertiary/aromatic N) is 3. The SMILES string of the molecule is CCN(Cc1cc(NN)ccn1)CC(C)C#N. The van der Waals surface area contributed by atoms with E-state index >= 15 is 0 Å². The minimum absolute atomic E-state index is 0.0331. The van der Waals surface area contributed by atoms with Gasteiger partial charge in [0.1, 0.15) is 0 Å². The molecule has 17 heavy (non-hydrogen) atoms. The Hall–Kier alpha value is -1.64. The van der Waals surface area contributed by atoms with Gasteiger partial charge in [-0.25, -0.2) is 0 Å². The summed E-state index contributed by atoms with van der Waals surface area (Å²) in [6.45, 7) is 6.39. The molecule has 0 aromatic carbocycles. The third-order valence-corrected chi connectivity index (χ3v) is 2.57. The first kappa shape index (κ1) is 13.4. The van der Waals surface area contributed by atoms with E-state index in [1.165, 1.54) is 0 Å². The fraction of sp³-hybridized carbons (Fsp3) is 0.500. The molecule has 1 rings (SSSR count). The van der Waals surface area contributed by atoms with Crippen molar-refractivity contribution in [2.45, 2.75) is 20.4 Å². The summed E-state index contributed by atoms with van der Waals surface area (Å²) in [5, 5.41) is 8.81. The first-order valence-electron chi connectivity index (χ1n) is 5.73. The molecule has 0 bridgehead atoms. The molecule has 1 atom stereocenters. The number of hydrogen-bond acceptors (Lipinski definition) is 5. The van der Waals surface area contributed by atoms with Crippen LogP contribution in [-0.2, 0) is 6.54 Å². The average molecular weight is 233 g/mol. The van der Waals surface area contributed by atoms with Crippen molar-refractivity contribution in [1.29, 1.82) is 5.26 Å². The van der Waals surface area contributed by atoms with Gasteiger partial charge in [0, 0.05) is 19.3 Å². The second kappa shape index (κ2) is 6.84. The molecule has 1 unspecified atom stereocenters. The van der Waals surface area contributed by atoms with Crippen LogP contribution in [0.5, 0.6) is 0 Å². The van der Waals surface area contributed by atoms with E-state index in [9.17, 15) is 0 Å². The van der Waals surface area contributed by atoms with Crippen molar-refractivity contribution < 1.29 is 0 Å². The van der Waals surface area contributed by atoms with Crippen LogP contribution in [-0.4, -0.2) is 23.0 Å². The van der Waals surface area contributed by atoms with Gasteiger partial charge in [-0.3, -0.25) is 15.7 Å². The largest absolute Gasteiger partial charge is 0.324 e. The van der Waals surface area contributed by atoms with Crippen molar-refractivity contribution in [3.63, 3.8) is 0 Å². The number of hydrogen-bond donors (Lipinski definition) is 2. The molecule has 3 N–H and O–H groups in total. The Labute approximate surface area is 102 Å². The van der Waals surface area contributed by atoms with E-state index in [1.807, 2.05) is 19.1 Å². The molecule has 0 saturated carbocycles. The number of nitrogens with one attached hydrogen (secondary N) is 1. The summed E-state index contributed by atoms with van der Waals surface area (Å²) in [5.74, 6) is 5.38. The molecule has 1 aromatic rings. The molecular weight excluding hydrogens is 214 g/mol. The van der Waals surface area contributed by atoms with Gasteiger partial charge in [0.05, 0.1) is 23.4 Å². The van der Waals surface area contributed by atoms with Crippen LogP contribution in [0.4, 0.5) is 5.69 Å². The summed E-state index contributed by atoms with van der Waals surface area (Å²) in [6, 6.07) is 5.98. The third kappa shape index (κ3) is 4.39. The molecule has 0 radical (unpaired) electrons. The van der Waals surface area contributed by atoms with Crippen LogP contribution in [0.3, 0.4) is 0 Å². The topological polar surface area (TPSA) is 78.0 Å². The Balaban J connectivity index is 2.64. The maximum Gasteiger partial charge on any atom is 0.0666 e. The molecule has 0 aliphatic rings. The van der Waals surface area contributed by atoms with Gasteiger partial charge in [-0.05, 0) is 25.6 Å². The predicted molar refractivity (Wildman–Crippen MR) is 67.8 cm³/mol. The van der Waals surface area contributed by atoms with E-state index < -0.39 is 0 Å². The van der Waals surface area contributed by atoms with E-state index in [0.29, 0.717) is 0 Å². The van der Waals surface area contributed by atoms with E-state index in [-0.39, 0.29) is 5.92 Å². The second-order valence-corrected chi connectivity index (χ2v) is 4.04. The van der Waals surface area contributed by atoms with Gasteiger partial charge in [0.25, 0.3) is 0 Å². The van der Waals surface area contributed by atoms with Crippen LogP contribution in [0.25, 0.3) is 0 Å². The van der Waals surface area contributed by atoms with Gasteiger partial charge in [0.2, 0.25) is 0 Å². The summed E-state index contributed by atoms with van der Waals surface area (Å²) in [5.41, 5.74) is 4.40. The lowest BCUT2D eigenvalue weighted by molar-refractivity contribution is 0.257. The van der Waals surface area contributed by atoms with Gasteiger partial charge < -0.3 is 5.43 Å². The van der Waals surface area contributed by atoms with Crippen LogP contribution in [0.2, 0.25) is 0 Å². The molecule has 5 nitrogen and oxygen atoms in total. The number of nitrogens with two attached hydrogens (primary N) is 1. The summed E-state index contributed by atoms with van der Waals surface area (Å²) >= 11 is 0. The summed E-state index contributed by atoms with van der Waals surface area (Å²) in [4.78, 5) is 6.48. The number of aromatic nitrogens is 1. The van der Waals surface area contributed by atoms with E-state index in [2.05, 4.69) is 28.3 Å². The first-order valence-corrected chi connectivity index (χ1v) is 5.73. The smallest absolute Gasteiger partial charge is 0.0666 e. The highest BCUT2D eigenvalue weighted by Crippen LogP contribution is 2.09. The van der Waals surface area contributed by atoms with Crippen LogP contribution >= 0.6 is 0 Å². The Morgan fingerprint density at radius 3 is 3.00 bits per heavy atom. The highest BCUT2D eigenvalue weighted by atomic mass is 15.2. The first-order chi connectivity index (χ1) is 8.19. The van der Waals surface area contributed by atoms with Crippen molar-refractivity contribution in [3.05, 3.63) is 24.0 Å². The standard InChI is InChI=1S/C12H19N5/c1-3-17(8-10(2)7-13)9-12-6-11(16-14)4-5-15-12/h4-6,10H,3,8-9,14H2,1-2H3,(H,15,16). The zero-order chi connectivity index (χ0) is 12.7. The van der Waals surface area contributed by atoms with Crippen molar-refractivity contribution in [2.24, 2.45) is 11.8 Å². The van der Waals surface area contributed by atoms with E-state index in [1.54, 1.807) is 6.20 Å². The highest BCUT2D eigenvalue weighted by molar-refractivity contribution is 5.41. The third-order valence-electron chi connectivity index (χ3n) is 2.57. The zero-order valence-corrected chi connectivity index (χ0v) is 10.3. The lowest BCUT2D eigenvalue weighted by atomic mass is 10.2. The van der Waals surface area contributed by atoms with Crippen LogP contribution in [0.15, 0.2) is 18.3 Å². The second-order valence-electron chi connectivity index (χ2n) is 4.04. The van der Waals surface area contributed by atoms with E-state index in [4.69, 9.17) is 11.1 Å². The summed E-state index contributed by atoms with van der Waals surface area (Å²) in [6.07, 6.45) is 1.73. The Morgan fingerprint density at radius 1 is 1.65 bits per heavy atom. The van der Waals surface area contributed by atoms with Gasteiger partial charge in [-0.1, -0.05) is 6.92 Å². The van der Waals surface area contributed by atoms with Crippen molar-refractivity contribution >= 4 is 5.69 Å². The van der Waals surface area contributed by atoms with Gasteiger partial charge in [0.15, 0.2) is 0 Å². The quantitative estimate of drug-likeness (QED) is 0.573. The number of nitrogen functional groups attached to an aromatic ring is 1. The number of hydrazine groups is 1. The number of pyridine rings is 1. The lowest BCUT2D eigenvalue weighted by Gasteiger charge is -2.21. The predicted octanol–water partition coefficient (Wildman–Crippen LogP) is 1.35. The molecule has 0 aliphatic heterocycles. The van der Waals surface area contributed by atoms with E-state index in [0.717, 1.165) is 31.0 Å². The van der Waals surface area contributed by atoms with Crippen molar-refractivity contribution in [1.82, 2.24) is 9.88 Å². The van der Waals surface area contributed by atoms with Crippen LogP contribution in [0, 0.1) is 17.2 Å². The average Bonchev–Trinajstić information content (AvgIpc) is 2.37. The molecule has 0 amide bonds. The molecule has 92 valence electrons. The fourth-order valence-corrected chi connectivity index (χ4v) is 1.62. The molecule has 1 aromatic heterocycles. The Morgan fingerprint density at radius 2 is 2.41 bits per heavy atom. The number of nitriles is 1. The highest BCUT2D eigenvalue weighted by Gasteiger charge is 2.09. The number of anilines is 1. The minimum Gasteiger partial charge on any atom is -0.324 e. The van der Waals surface area contributed by atoms with Crippen LogP contribution in [0.1, 0.15) is 19.5 Å². The van der Waals surface area contributed by atoms with Gasteiger partial charge in [-0.15, -0.1) is 0 Å². The Bertz CT molecular complexity index is 385. The monoisotopic (exact) mass is 233 g/mol.